The van der Waals surface area contributed by atoms with E-state index in [1.807, 2.05) is 41.8 Å². The lowest BCUT2D eigenvalue weighted by atomic mass is 9.80. The summed E-state index contributed by atoms with van der Waals surface area (Å²) < 4.78 is 10.7. The number of thiophene rings is 1. The van der Waals surface area contributed by atoms with Crippen LogP contribution < -0.4 is 15.0 Å². The number of alkyl carbamates (subject to hydrolysis) is 1. The molecule has 2 N–H and O–H groups in total. The molecule has 0 saturated carbocycles. The standard InChI is InChI=1S/C26H28N2O5S/c1-25(2,3)33-24(30)27-21-23(29)28(16-17-10-12-19(32-4)13-11-17)20-14-15-34-22(20)26(21,31)18-8-6-5-7-9-18/h5-15,21,31H,16H2,1-4H3,(H,27,30). The molecule has 1 aliphatic rings. The van der Waals surface area contributed by atoms with Gasteiger partial charge >= 0.3 is 6.09 Å². The summed E-state index contributed by atoms with van der Waals surface area (Å²) in [5.74, 6) is 0.284. The van der Waals surface area contributed by atoms with Gasteiger partial charge in [0.15, 0.2) is 5.60 Å². The molecular weight excluding hydrogens is 452 g/mol. The van der Waals surface area contributed by atoms with E-state index in [0.717, 1.165) is 5.56 Å². The molecule has 1 aromatic heterocycles. The van der Waals surface area contributed by atoms with Gasteiger partial charge in [-0.3, -0.25) is 4.79 Å². The summed E-state index contributed by atoms with van der Waals surface area (Å²) in [5.41, 5.74) is -0.511. The summed E-state index contributed by atoms with van der Waals surface area (Å²) >= 11 is 1.34. The lowest BCUT2D eigenvalue weighted by molar-refractivity contribution is -0.127. The van der Waals surface area contributed by atoms with Crippen LogP contribution >= 0.6 is 11.3 Å². The molecule has 3 aromatic rings. The highest BCUT2D eigenvalue weighted by atomic mass is 32.1. The molecular formula is C26H28N2O5S. The van der Waals surface area contributed by atoms with Crippen LogP contribution in [-0.4, -0.2) is 35.9 Å². The van der Waals surface area contributed by atoms with Crippen molar-refractivity contribution >= 4 is 29.0 Å². The van der Waals surface area contributed by atoms with Gasteiger partial charge in [-0.2, -0.15) is 0 Å². The fraction of sp³-hybridized carbons (Fsp3) is 0.308. The zero-order valence-electron chi connectivity index (χ0n) is 19.6. The number of nitrogens with zero attached hydrogens (tertiary/aromatic N) is 1. The molecule has 178 valence electrons. The first-order chi connectivity index (χ1) is 16.1. The summed E-state index contributed by atoms with van der Waals surface area (Å²) in [5, 5.41) is 16.6. The average Bonchev–Trinajstić information content (AvgIpc) is 3.30. The largest absolute Gasteiger partial charge is 0.497 e. The minimum atomic E-state index is -1.75. The van der Waals surface area contributed by atoms with Crippen LogP contribution in [0, 0.1) is 0 Å². The number of fused-ring (bicyclic) bond motifs is 1. The van der Waals surface area contributed by atoms with Crippen molar-refractivity contribution in [2.75, 3.05) is 12.0 Å². The quantitative estimate of drug-likeness (QED) is 0.564. The molecule has 8 heteroatoms. The lowest BCUT2D eigenvalue weighted by Gasteiger charge is -2.43. The van der Waals surface area contributed by atoms with Crippen LogP contribution in [0.1, 0.15) is 36.8 Å². The number of carbonyl (C=O) groups is 2. The number of nitrogens with one attached hydrogen (secondary N) is 1. The Hall–Kier alpha value is -3.36. The van der Waals surface area contributed by atoms with Gasteiger partial charge in [-0.1, -0.05) is 42.5 Å². The molecule has 2 amide bonds. The van der Waals surface area contributed by atoms with E-state index < -0.39 is 29.2 Å². The highest BCUT2D eigenvalue weighted by molar-refractivity contribution is 7.10. The number of aliphatic hydroxyl groups is 1. The van der Waals surface area contributed by atoms with Crippen molar-refractivity contribution in [3.8, 4) is 5.75 Å². The van der Waals surface area contributed by atoms with Crippen molar-refractivity contribution in [1.82, 2.24) is 5.32 Å². The second-order valence-corrected chi connectivity index (χ2v) is 10.0. The Bertz CT molecular complexity index is 1170. The molecule has 34 heavy (non-hydrogen) atoms. The van der Waals surface area contributed by atoms with Crippen molar-refractivity contribution in [2.45, 2.75) is 44.6 Å². The van der Waals surface area contributed by atoms with Gasteiger partial charge in [0.05, 0.1) is 24.2 Å². The predicted molar refractivity (Wildman–Crippen MR) is 131 cm³/mol. The summed E-state index contributed by atoms with van der Waals surface area (Å²) in [6.45, 7) is 5.49. The molecule has 4 rings (SSSR count). The van der Waals surface area contributed by atoms with E-state index in [-0.39, 0.29) is 6.54 Å². The average molecular weight is 481 g/mol. The van der Waals surface area contributed by atoms with Crippen LogP contribution in [-0.2, 0) is 21.7 Å². The van der Waals surface area contributed by atoms with Gasteiger partial charge in [0, 0.05) is 0 Å². The van der Waals surface area contributed by atoms with E-state index in [9.17, 15) is 14.7 Å². The molecule has 0 saturated heterocycles. The number of carbonyl (C=O) groups excluding carboxylic acids is 2. The molecule has 2 atom stereocenters. The number of hydrogen-bond acceptors (Lipinski definition) is 6. The van der Waals surface area contributed by atoms with Gasteiger partial charge < -0.3 is 24.8 Å². The van der Waals surface area contributed by atoms with E-state index in [1.54, 1.807) is 57.0 Å². The number of amides is 2. The highest BCUT2D eigenvalue weighted by Crippen LogP contribution is 2.47. The van der Waals surface area contributed by atoms with Crippen LogP contribution in [0.4, 0.5) is 10.5 Å². The van der Waals surface area contributed by atoms with Crippen LogP contribution in [0.5, 0.6) is 5.75 Å². The van der Waals surface area contributed by atoms with Crippen molar-refractivity contribution < 1.29 is 24.2 Å². The smallest absolute Gasteiger partial charge is 0.408 e. The van der Waals surface area contributed by atoms with Gasteiger partial charge in [0.25, 0.3) is 5.91 Å². The van der Waals surface area contributed by atoms with Crippen LogP contribution in [0.25, 0.3) is 0 Å². The van der Waals surface area contributed by atoms with Crippen LogP contribution in [0.3, 0.4) is 0 Å². The Morgan fingerprint density at radius 1 is 1.12 bits per heavy atom. The lowest BCUT2D eigenvalue weighted by Crippen LogP contribution is -2.63. The maximum atomic E-state index is 13.9. The highest BCUT2D eigenvalue weighted by Gasteiger charge is 2.54. The first kappa shape index (κ1) is 23.8. The first-order valence-corrected chi connectivity index (χ1v) is 11.8. The Kier molecular flexibility index (Phi) is 6.38. The molecule has 2 aromatic carbocycles. The topological polar surface area (TPSA) is 88.1 Å². The summed E-state index contributed by atoms with van der Waals surface area (Å²) in [7, 11) is 1.60. The third-order valence-corrected chi connectivity index (χ3v) is 6.62. The van der Waals surface area contributed by atoms with Crippen LogP contribution in [0.15, 0.2) is 66.0 Å². The number of hydrogen-bond donors (Lipinski definition) is 2. The summed E-state index contributed by atoms with van der Waals surface area (Å²) in [6.07, 6.45) is -0.774. The van der Waals surface area contributed by atoms with E-state index >= 15 is 0 Å². The Labute approximate surface area is 202 Å². The van der Waals surface area contributed by atoms with Crippen LogP contribution in [0.2, 0.25) is 0 Å². The molecule has 0 bridgehead atoms. The molecule has 0 fully saturated rings. The first-order valence-electron chi connectivity index (χ1n) is 10.9. The molecule has 1 aliphatic heterocycles. The molecule has 0 aliphatic carbocycles. The van der Waals surface area contributed by atoms with Crippen molar-refractivity contribution in [2.24, 2.45) is 0 Å². The SMILES string of the molecule is COc1ccc(CN2C(=O)C(NC(=O)OC(C)(C)C)C(O)(c3ccccc3)c3sccc32)cc1. The van der Waals surface area contributed by atoms with Gasteiger partial charge in [-0.05, 0) is 55.5 Å². The van der Waals surface area contributed by atoms with E-state index in [0.29, 0.717) is 21.9 Å². The number of benzene rings is 2. The molecule has 2 unspecified atom stereocenters. The second kappa shape index (κ2) is 9.12. The Morgan fingerprint density at radius 3 is 2.41 bits per heavy atom. The van der Waals surface area contributed by atoms with Gasteiger partial charge in [0.2, 0.25) is 0 Å². The zero-order valence-corrected chi connectivity index (χ0v) is 20.4. The van der Waals surface area contributed by atoms with E-state index in [2.05, 4.69) is 5.32 Å². The number of ether oxygens (including phenoxy) is 2. The molecule has 0 radical (unpaired) electrons. The normalized spacial score (nSPS) is 20.0. The van der Waals surface area contributed by atoms with E-state index in [1.165, 1.54) is 11.3 Å². The number of rotatable bonds is 5. The minimum absolute atomic E-state index is 0.268. The molecule has 7 nitrogen and oxygen atoms in total. The predicted octanol–water partition coefficient (Wildman–Crippen LogP) is 4.43. The fourth-order valence-corrected chi connectivity index (χ4v) is 5.09. The van der Waals surface area contributed by atoms with Crippen molar-refractivity contribution in [1.29, 1.82) is 0 Å². The van der Waals surface area contributed by atoms with Gasteiger partial charge in [-0.15, -0.1) is 11.3 Å². The Balaban J connectivity index is 1.78. The second-order valence-electron chi connectivity index (χ2n) is 9.12. The maximum absolute atomic E-state index is 13.9. The van der Waals surface area contributed by atoms with E-state index in [4.69, 9.17) is 9.47 Å². The molecule has 2 heterocycles. The third kappa shape index (κ3) is 4.51. The van der Waals surface area contributed by atoms with Crippen molar-refractivity contribution in [3.63, 3.8) is 0 Å². The maximum Gasteiger partial charge on any atom is 0.408 e. The Morgan fingerprint density at radius 2 is 1.79 bits per heavy atom. The summed E-state index contributed by atoms with van der Waals surface area (Å²) in [4.78, 5) is 28.8. The third-order valence-electron chi connectivity index (χ3n) is 5.59. The fourth-order valence-electron chi connectivity index (χ4n) is 4.04. The summed E-state index contributed by atoms with van der Waals surface area (Å²) in [6, 6.07) is 16.9. The van der Waals surface area contributed by atoms with Crippen molar-refractivity contribution in [3.05, 3.63) is 82.0 Å². The zero-order chi connectivity index (χ0) is 24.5. The monoisotopic (exact) mass is 480 g/mol. The number of anilines is 1. The number of methoxy groups -OCH3 is 1. The molecule has 0 spiro atoms. The van der Waals surface area contributed by atoms with Gasteiger partial charge in [-0.25, -0.2) is 4.79 Å². The minimum Gasteiger partial charge on any atom is -0.497 e. The van der Waals surface area contributed by atoms with Gasteiger partial charge in [0.1, 0.15) is 17.4 Å².